The van der Waals surface area contributed by atoms with Crippen LogP contribution in [0.5, 0.6) is 0 Å². The van der Waals surface area contributed by atoms with E-state index in [-0.39, 0.29) is 0 Å². The maximum Gasteiger partial charge on any atom is 0.101 e. The number of benzene rings is 1. The Kier molecular flexibility index (Phi) is 3.42. The maximum absolute atomic E-state index is 9.94. The molecule has 2 nitrogen and oxygen atoms in total. The van der Waals surface area contributed by atoms with Gasteiger partial charge in [0.25, 0.3) is 0 Å². The van der Waals surface area contributed by atoms with Gasteiger partial charge in [-0.1, -0.05) is 30.3 Å². The molecule has 0 aliphatic rings. The van der Waals surface area contributed by atoms with Gasteiger partial charge in [-0.25, -0.2) is 0 Å². The molecule has 1 heterocycles. The van der Waals surface area contributed by atoms with Crippen LogP contribution in [0.2, 0.25) is 0 Å². The first kappa shape index (κ1) is 11.0. The highest BCUT2D eigenvalue weighted by Crippen LogP contribution is 2.20. The molecule has 84 valence electrons. The van der Waals surface area contributed by atoms with E-state index in [0.29, 0.717) is 0 Å². The number of rotatable bonds is 4. The van der Waals surface area contributed by atoms with Gasteiger partial charge in [0.05, 0.1) is 12.4 Å². The van der Waals surface area contributed by atoms with Gasteiger partial charge < -0.3 is 9.52 Å². The Bertz CT molecular complexity index is 431. The Hall–Kier alpha value is -1.54. The van der Waals surface area contributed by atoms with E-state index >= 15 is 0 Å². The minimum atomic E-state index is -0.433. The van der Waals surface area contributed by atoms with Gasteiger partial charge in [-0.05, 0) is 31.4 Å². The zero-order chi connectivity index (χ0) is 11.4. The number of aliphatic hydroxyl groups is 1. The van der Waals surface area contributed by atoms with Crippen molar-refractivity contribution in [3.63, 3.8) is 0 Å². The Balaban J connectivity index is 1.91. The second kappa shape index (κ2) is 4.99. The van der Waals surface area contributed by atoms with Gasteiger partial charge >= 0.3 is 0 Å². The van der Waals surface area contributed by atoms with E-state index in [2.05, 4.69) is 12.1 Å². The van der Waals surface area contributed by atoms with Crippen LogP contribution in [-0.4, -0.2) is 5.11 Å². The van der Waals surface area contributed by atoms with Gasteiger partial charge in [-0.3, -0.25) is 0 Å². The smallest absolute Gasteiger partial charge is 0.101 e. The molecule has 16 heavy (non-hydrogen) atoms. The average molecular weight is 216 g/mol. The zero-order valence-electron chi connectivity index (χ0n) is 9.39. The van der Waals surface area contributed by atoms with Crippen LogP contribution in [0.3, 0.4) is 0 Å². The molecule has 0 aliphatic heterocycles. The topological polar surface area (TPSA) is 33.4 Å². The molecular formula is C14H16O2. The van der Waals surface area contributed by atoms with Crippen molar-refractivity contribution < 1.29 is 9.52 Å². The van der Waals surface area contributed by atoms with E-state index in [1.165, 1.54) is 5.56 Å². The number of aryl methyl sites for hydroxylation is 2. The monoisotopic (exact) mass is 216 g/mol. The molecule has 1 atom stereocenters. The van der Waals surface area contributed by atoms with Crippen molar-refractivity contribution in [2.75, 3.05) is 0 Å². The van der Waals surface area contributed by atoms with Crippen LogP contribution < -0.4 is 0 Å². The van der Waals surface area contributed by atoms with Crippen LogP contribution in [0.1, 0.15) is 29.4 Å². The highest BCUT2D eigenvalue weighted by molar-refractivity contribution is 5.17. The average Bonchev–Trinajstić information content (AvgIpc) is 2.74. The predicted octanol–water partition coefficient (Wildman–Crippen LogP) is 3.25. The number of hydrogen-bond donors (Lipinski definition) is 1. The third-order valence-corrected chi connectivity index (χ3v) is 2.68. The van der Waals surface area contributed by atoms with Crippen LogP contribution in [0.4, 0.5) is 0 Å². The van der Waals surface area contributed by atoms with Crippen molar-refractivity contribution in [1.29, 1.82) is 0 Å². The number of furan rings is 1. The summed E-state index contributed by atoms with van der Waals surface area (Å²) in [5.74, 6) is 0.841. The molecule has 0 fully saturated rings. The molecule has 1 aromatic carbocycles. The largest absolute Gasteiger partial charge is 0.469 e. The van der Waals surface area contributed by atoms with E-state index in [1.54, 1.807) is 6.26 Å². The lowest BCUT2D eigenvalue weighted by molar-refractivity contribution is 0.167. The lowest BCUT2D eigenvalue weighted by Crippen LogP contribution is -1.98. The molecular weight excluding hydrogens is 200 g/mol. The van der Waals surface area contributed by atoms with Gasteiger partial charge in [0.15, 0.2) is 0 Å². The van der Waals surface area contributed by atoms with Crippen molar-refractivity contribution in [2.24, 2.45) is 0 Å². The molecule has 0 bridgehead atoms. The summed E-state index contributed by atoms with van der Waals surface area (Å²) in [5, 5.41) is 9.94. The van der Waals surface area contributed by atoms with Crippen LogP contribution in [0.15, 0.2) is 47.1 Å². The SMILES string of the molecule is Cc1cc(C(O)CCc2ccccc2)co1. The van der Waals surface area contributed by atoms with E-state index in [1.807, 2.05) is 31.2 Å². The van der Waals surface area contributed by atoms with Crippen LogP contribution in [0, 0.1) is 6.92 Å². The highest BCUT2D eigenvalue weighted by Gasteiger charge is 2.09. The number of aliphatic hydroxyl groups excluding tert-OH is 1. The van der Waals surface area contributed by atoms with Crippen molar-refractivity contribution in [3.05, 3.63) is 59.5 Å². The molecule has 2 heteroatoms. The highest BCUT2D eigenvalue weighted by atomic mass is 16.3. The molecule has 2 rings (SSSR count). The summed E-state index contributed by atoms with van der Waals surface area (Å²) in [7, 11) is 0. The molecule has 0 saturated heterocycles. The first-order chi connectivity index (χ1) is 7.75. The molecule has 0 spiro atoms. The molecule has 1 N–H and O–H groups in total. The summed E-state index contributed by atoms with van der Waals surface area (Å²) < 4.78 is 5.18. The Morgan fingerprint density at radius 2 is 2.00 bits per heavy atom. The molecule has 1 aromatic heterocycles. The molecule has 0 aliphatic carbocycles. The zero-order valence-corrected chi connectivity index (χ0v) is 9.39. The molecule has 0 amide bonds. The maximum atomic E-state index is 9.94. The lowest BCUT2D eigenvalue weighted by Gasteiger charge is -2.07. The van der Waals surface area contributed by atoms with Crippen molar-refractivity contribution in [3.8, 4) is 0 Å². The van der Waals surface area contributed by atoms with Crippen molar-refractivity contribution >= 4 is 0 Å². The van der Waals surface area contributed by atoms with Crippen LogP contribution in [0.25, 0.3) is 0 Å². The fourth-order valence-electron chi connectivity index (χ4n) is 1.75. The minimum absolute atomic E-state index is 0.433. The van der Waals surface area contributed by atoms with Crippen LogP contribution >= 0.6 is 0 Å². The summed E-state index contributed by atoms with van der Waals surface area (Å²) >= 11 is 0. The van der Waals surface area contributed by atoms with Gasteiger partial charge in [0.1, 0.15) is 5.76 Å². The van der Waals surface area contributed by atoms with Crippen molar-refractivity contribution in [2.45, 2.75) is 25.9 Å². The lowest BCUT2D eigenvalue weighted by atomic mass is 10.0. The van der Waals surface area contributed by atoms with Crippen molar-refractivity contribution in [1.82, 2.24) is 0 Å². The molecule has 1 unspecified atom stereocenters. The summed E-state index contributed by atoms with van der Waals surface area (Å²) in [4.78, 5) is 0. The second-order valence-corrected chi connectivity index (χ2v) is 4.03. The normalized spacial score (nSPS) is 12.6. The van der Waals surface area contributed by atoms with Gasteiger partial charge in [-0.15, -0.1) is 0 Å². The first-order valence-corrected chi connectivity index (χ1v) is 5.53. The quantitative estimate of drug-likeness (QED) is 0.851. The summed E-state index contributed by atoms with van der Waals surface area (Å²) in [6, 6.07) is 12.1. The molecule has 0 saturated carbocycles. The van der Waals surface area contributed by atoms with Crippen LogP contribution in [-0.2, 0) is 6.42 Å². The summed E-state index contributed by atoms with van der Waals surface area (Å²) in [6.07, 6.45) is 2.80. The predicted molar refractivity (Wildman–Crippen MR) is 63.2 cm³/mol. The molecule has 2 aromatic rings. The van der Waals surface area contributed by atoms with Gasteiger partial charge in [0, 0.05) is 5.56 Å². The summed E-state index contributed by atoms with van der Waals surface area (Å²) in [5.41, 5.74) is 2.12. The Labute approximate surface area is 95.5 Å². The molecule has 0 radical (unpaired) electrons. The van der Waals surface area contributed by atoms with E-state index in [0.717, 1.165) is 24.2 Å². The third-order valence-electron chi connectivity index (χ3n) is 2.68. The minimum Gasteiger partial charge on any atom is -0.469 e. The fraction of sp³-hybridized carbons (Fsp3) is 0.286. The van der Waals surface area contributed by atoms with E-state index < -0.39 is 6.10 Å². The third kappa shape index (κ3) is 2.74. The standard InChI is InChI=1S/C14H16O2/c1-11-9-13(10-16-11)14(15)8-7-12-5-3-2-4-6-12/h2-6,9-10,14-15H,7-8H2,1H3. The van der Waals surface area contributed by atoms with Gasteiger partial charge in [-0.2, -0.15) is 0 Å². The van der Waals surface area contributed by atoms with E-state index in [4.69, 9.17) is 4.42 Å². The fourth-order valence-corrected chi connectivity index (χ4v) is 1.75. The second-order valence-electron chi connectivity index (χ2n) is 4.03. The summed E-state index contributed by atoms with van der Waals surface area (Å²) in [6.45, 7) is 1.88. The Morgan fingerprint density at radius 1 is 1.25 bits per heavy atom. The van der Waals surface area contributed by atoms with E-state index in [9.17, 15) is 5.11 Å². The van der Waals surface area contributed by atoms with Gasteiger partial charge in [0.2, 0.25) is 0 Å². The Morgan fingerprint density at radius 3 is 2.62 bits per heavy atom. The number of hydrogen-bond acceptors (Lipinski definition) is 2. The first-order valence-electron chi connectivity index (χ1n) is 5.53.